The fourth-order valence-electron chi connectivity index (χ4n) is 1.65. The number of alkyl halides is 3. The molecule has 78 valence electrons. The molecule has 1 rings (SSSR count). The molecule has 13 heavy (non-hydrogen) atoms. The largest absolute Gasteiger partial charge is 0.391 e. The lowest BCUT2D eigenvalue weighted by molar-refractivity contribution is -0.161. The molecule has 2 nitrogen and oxygen atoms in total. The van der Waals surface area contributed by atoms with Crippen molar-refractivity contribution in [3.63, 3.8) is 0 Å². The monoisotopic (exact) mass is 197 g/mol. The second-order valence-electron chi connectivity index (χ2n) is 3.78. The van der Waals surface area contributed by atoms with Gasteiger partial charge in [-0.15, -0.1) is 0 Å². The molecule has 0 aliphatic carbocycles. The topological polar surface area (TPSA) is 32.3 Å². The van der Waals surface area contributed by atoms with Crippen LogP contribution in [0.25, 0.3) is 0 Å². The highest BCUT2D eigenvalue weighted by Gasteiger charge is 2.42. The van der Waals surface area contributed by atoms with Gasteiger partial charge < -0.3 is 10.4 Å². The molecule has 0 aromatic heterocycles. The lowest BCUT2D eigenvalue weighted by Crippen LogP contribution is -2.49. The van der Waals surface area contributed by atoms with Crippen molar-refractivity contribution in [3.8, 4) is 0 Å². The molecular formula is C8H14F3NO. The molecule has 0 aromatic rings. The van der Waals surface area contributed by atoms with E-state index in [4.69, 9.17) is 0 Å². The van der Waals surface area contributed by atoms with Crippen molar-refractivity contribution in [2.45, 2.75) is 44.0 Å². The van der Waals surface area contributed by atoms with E-state index < -0.39 is 24.2 Å². The Bertz CT molecular complexity index is 175. The van der Waals surface area contributed by atoms with Gasteiger partial charge in [-0.1, -0.05) is 0 Å². The number of halogens is 3. The summed E-state index contributed by atoms with van der Waals surface area (Å²) in [6, 6.07) is 0. The van der Waals surface area contributed by atoms with Crippen LogP contribution in [0.15, 0.2) is 0 Å². The predicted octanol–water partition coefficient (Wildman–Crippen LogP) is 1.44. The van der Waals surface area contributed by atoms with Gasteiger partial charge in [-0.2, -0.15) is 13.2 Å². The molecule has 5 heteroatoms. The van der Waals surface area contributed by atoms with E-state index in [-0.39, 0.29) is 0 Å². The molecule has 2 atom stereocenters. The Morgan fingerprint density at radius 1 is 1.54 bits per heavy atom. The molecule has 1 heterocycles. The zero-order chi connectivity index (χ0) is 10.1. The van der Waals surface area contributed by atoms with E-state index in [0.717, 1.165) is 6.42 Å². The van der Waals surface area contributed by atoms with Crippen LogP contribution in [-0.2, 0) is 0 Å². The van der Waals surface area contributed by atoms with E-state index in [1.54, 1.807) is 6.92 Å². The minimum Gasteiger partial charge on any atom is -0.391 e. The number of hydrogen-bond acceptors (Lipinski definition) is 2. The Labute approximate surface area is 75.1 Å². The Morgan fingerprint density at radius 2 is 2.15 bits per heavy atom. The third-order valence-corrected chi connectivity index (χ3v) is 2.56. The third kappa shape index (κ3) is 2.84. The van der Waals surface area contributed by atoms with Gasteiger partial charge in [0.15, 0.2) is 0 Å². The van der Waals surface area contributed by atoms with E-state index >= 15 is 0 Å². The summed E-state index contributed by atoms with van der Waals surface area (Å²) in [6.07, 6.45) is -5.33. The van der Waals surface area contributed by atoms with E-state index in [1.807, 2.05) is 0 Å². The van der Waals surface area contributed by atoms with Gasteiger partial charge in [-0.3, -0.25) is 0 Å². The van der Waals surface area contributed by atoms with Gasteiger partial charge in [-0.05, 0) is 26.3 Å². The smallest absolute Gasteiger partial charge is 0.391 e. The predicted molar refractivity (Wildman–Crippen MR) is 42.3 cm³/mol. The van der Waals surface area contributed by atoms with Crippen molar-refractivity contribution < 1.29 is 18.3 Å². The van der Waals surface area contributed by atoms with Crippen LogP contribution in [0.4, 0.5) is 13.2 Å². The van der Waals surface area contributed by atoms with Crippen molar-refractivity contribution in [2.24, 2.45) is 0 Å². The van der Waals surface area contributed by atoms with Crippen LogP contribution >= 0.6 is 0 Å². The number of aliphatic hydroxyl groups excluding tert-OH is 1. The third-order valence-electron chi connectivity index (χ3n) is 2.56. The molecule has 0 radical (unpaired) electrons. The normalized spacial score (nSPS) is 32.1. The minimum absolute atomic E-state index is 0.601. The first kappa shape index (κ1) is 10.8. The summed E-state index contributed by atoms with van der Waals surface area (Å²) in [7, 11) is 0. The zero-order valence-electron chi connectivity index (χ0n) is 7.49. The Morgan fingerprint density at radius 3 is 2.54 bits per heavy atom. The average Bonchev–Trinajstić information content (AvgIpc) is 2.33. The highest BCUT2D eigenvalue weighted by Crippen LogP contribution is 2.30. The first-order valence-electron chi connectivity index (χ1n) is 4.33. The van der Waals surface area contributed by atoms with E-state index in [1.165, 1.54) is 0 Å². The molecule has 1 aliphatic rings. The Kier molecular flexibility index (Phi) is 2.87. The summed E-state index contributed by atoms with van der Waals surface area (Å²) in [5.41, 5.74) is -0.754. The van der Waals surface area contributed by atoms with Crippen molar-refractivity contribution in [2.75, 3.05) is 6.54 Å². The standard InChI is InChI=1S/C8H14F3NO/c1-7(3-2-4-12-7)6(13)5-8(9,10)11/h6,12-13H,2-5H2,1H3/t6-,7-/m0/s1. The van der Waals surface area contributed by atoms with Crippen LogP contribution in [0.2, 0.25) is 0 Å². The van der Waals surface area contributed by atoms with E-state index in [2.05, 4.69) is 5.32 Å². The van der Waals surface area contributed by atoms with Crippen LogP contribution in [0, 0.1) is 0 Å². The minimum atomic E-state index is -4.29. The number of nitrogens with one attached hydrogen (secondary N) is 1. The summed E-state index contributed by atoms with van der Waals surface area (Å²) < 4.78 is 35.8. The second kappa shape index (κ2) is 3.46. The maximum absolute atomic E-state index is 11.9. The SMILES string of the molecule is C[C@@]1([C@@H](O)CC(F)(F)F)CCCN1. The summed E-state index contributed by atoms with van der Waals surface area (Å²) >= 11 is 0. The fraction of sp³-hybridized carbons (Fsp3) is 1.00. The molecule has 0 saturated carbocycles. The lowest BCUT2D eigenvalue weighted by Gasteiger charge is -2.30. The molecular weight excluding hydrogens is 183 g/mol. The van der Waals surface area contributed by atoms with Gasteiger partial charge >= 0.3 is 6.18 Å². The first-order chi connectivity index (χ1) is 5.83. The van der Waals surface area contributed by atoms with Crippen molar-refractivity contribution >= 4 is 0 Å². The molecule has 0 bridgehead atoms. The number of hydrogen-bond donors (Lipinski definition) is 2. The van der Waals surface area contributed by atoms with E-state index in [0.29, 0.717) is 13.0 Å². The van der Waals surface area contributed by atoms with Crippen LogP contribution in [0.3, 0.4) is 0 Å². The van der Waals surface area contributed by atoms with Gasteiger partial charge in [0.05, 0.1) is 12.5 Å². The number of aliphatic hydroxyl groups is 1. The molecule has 0 unspecified atom stereocenters. The van der Waals surface area contributed by atoms with Crippen molar-refractivity contribution in [1.29, 1.82) is 0 Å². The Hall–Kier alpha value is -0.290. The molecule has 0 spiro atoms. The first-order valence-corrected chi connectivity index (χ1v) is 4.33. The summed E-state index contributed by atoms with van der Waals surface area (Å²) in [6.45, 7) is 2.32. The van der Waals surface area contributed by atoms with Crippen molar-refractivity contribution in [3.05, 3.63) is 0 Å². The zero-order valence-corrected chi connectivity index (χ0v) is 7.49. The quantitative estimate of drug-likeness (QED) is 0.702. The van der Waals surface area contributed by atoms with Gasteiger partial charge in [0, 0.05) is 5.54 Å². The average molecular weight is 197 g/mol. The van der Waals surface area contributed by atoms with Crippen LogP contribution in [0.5, 0.6) is 0 Å². The highest BCUT2D eigenvalue weighted by atomic mass is 19.4. The molecule has 2 N–H and O–H groups in total. The highest BCUT2D eigenvalue weighted by molar-refractivity contribution is 4.95. The Balaban J connectivity index is 2.51. The van der Waals surface area contributed by atoms with Crippen molar-refractivity contribution in [1.82, 2.24) is 5.32 Å². The number of rotatable bonds is 2. The maximum Gasteiger partial charge on any atom is 0.391 e. The second-order valence-corrected chi connectivity index (χ2v) is 3.78. The van der Waals surface area contributed by atoms with Gasteiger partial charge in [0.2, 0.25) is 0 Å². The fourth-order valence-corrected chi connectivity index (χ4v) is 1.65. The van der Waals surface area contributed by atoms with E-state index in [9.17, 15) is 18.3 Å². The maximum atomic E-state index is 11.9. The molecule has 1 aliphatic heterocycles. The van der Waals surface area contributed by atoms with Crippen LogP contribution in [-0.4, -0.2) is 29.5 Å². The molecule has 1 saturated heterocycles. The lowest BCUT2D eigenvalue weighted by atomic mass is 9.91. The van der Waals surface area contributed by atoms with Gasteiger partial charge in [-0.25, -0.2) is 0 Å². The molecule has 0 aromatic carbocycles. The molecule has 1 fully saturated rings. The summed E-state index contributed by atoms with van der Waals surface area (Å²) in [5, 5.41) is 12.3. The molecule has 0 amide bonds. The van der Waals surface area contributed by atoms with Crippen LogP contribution < -0.4 is 5.32 Å². The van der Waals surface area contributed by atoms with Gasteiger partial charge in [0.1, 0.15) is 0 Å². The van der Waals surface area contributed by atoms with Crippen LogP contribution in [0.1, 0.15) is 26.2 Å². The summed E-state index contributed by atoms with van der Waals surface area (Å²) in [5.74, 6) is 0. The summed E-state index contributed by atoms with van der Waals surface area (Å²) in [4.78, 5) is 0. The van der Waals surface area contributed by atoms with Gasteiger partial charge in [0.25, 0.3) is 0 Å².